The van der Waals surface area contributed by atoms with Crippen LogP contribution >= 0.6 is 0 Å². The highest BCUT2D eigenvalue weighted by atomic mass is 15.1. The molecule has 0 spiro atoms. The zero-order valence-electron chi connectivity index (χ0n) is 52.1. The average Bonchev–Trinajstić information content (AvgIpc) is 1.50. The quantitative estimate of drug-likeness (QED) is 0.135. The Bertz CT molecular complexity index is 6040. The van der Waals surface area contributed by atoms with Crippen LogP contribution in [-0.4, -0.2) is 18.3 Å². The molecule has 0 atom stereocenters. The van der Waals surface area contributed by atoms with Crippen LogP contribution in [0.25, 0.3) is 177 Å². The van der Waals surface area contributed by atoms with Crippen molar-refractivity contribution in [2.24, 2.45) is 0 Å². The molecular formula is C91H57N5. The normalized spacial score (nSPS) is 11.7. The van der Waals surface area contributed by atoms with Gasteiger partial charge in [-0.1, -0.05) is 255 Å². The van der Waals surface area contributed by atoms with E-state index in [9.17, 15) is 5.26 Å². The Balaban J connectivity index is 1.08. The molecule has 15 aromatic carbocycles. The topological polar surface area (TPSA) is 43.5 Å². The van der Waals surface area contributed by atoms with Crippen LogP contribution in [0.5, 0.6) is 0 Å². The molecule has 0 aliphatic carbocycles. The van der Waals surface area contributed by atoms with Crippen LogP contribution in [0, 0.1) is 11.3 Å². The first-order valence-electron chi connectivity index (χ1n) is 32.8. The zero-order valence-corrected chi connectivity index (χ0v) is 52.1. The summed E-state index contributed by atoms with van der Waals surface area (Å²) in [6, 6.07) is 129. The first kappa shape index (κ1) is 54.7. The van der Waals surface area contributed by atoms with E-state index in [4.69, 9.17) is 0 Å². The maximum absolute atomic E-state index is 13.1. The Labute approximate surface area is 554 Å². The van der Waals surface area contributed by atoms with Crippen LogP contribution in [0.15, 0.2) is 346 Å². The molecule has 5 nitrogen and oxygen atoms in total. The van der Waals surface area contributed by atoms with Crippen molar-refractivity contribution in [2.45, 2.75) is 0 Å². The second kappa shape index (κ2) is 22.1. The summed E-state index contributed by atoms with van der Waals surface area (Å²) in [5, 5.41) is 21.6. The van der Waals surface area contributed by atoms with Crippen LogP contribution < -0.4 is 0 Å². The number of benzene rings is 15. The third-order valence-corrected chi connectivity index (χ3v) is 19.8. The summed E-state index contributed by atoms with van der Waals surface area (Å²) in [5.74, 6) is 0. The van der Waals surface area contributed by atoms with E-state index < -0.39 is 0 Å². The number of hydrogen-bond acceptors (Lipinski definition) is 1. The molecule has 0 saturated heterocycles. The van der Waals surface area contributed by atoms with Gasteiger partial charge in [-0.2, -0.15) is 5.26 Å². The van der Waals surface area contributed by atoms with Crippen molar-refractivity contribution in [1.82, 2.24) is 18.3 Å². The molecule has 4 aromatic heterocycles. The van der Waals surface area contributed by atoms with Crippen LogP contribution in [0.2, 0.25) is 0 Å². The van der Waals surface area contributed by atoms with E-state index in [1.807, 2.05) is 0 Å². The molecule has 0 amide bonds. The summed E-state index contributed by atoms with van der Waals surface area (Å²) >= 11 is 0. The summed E-state index contributed by atoms with van der Waals surface area (Å²) in [4.78, 5) is 0. The molecule has 96 heavy (non-hydrogen) atoms. The monoisotopic (exact) mass is 1220 g/mol. The molecule has 0 fully saturated rings. The predicted octanol–water partition coefficient (Wildman–Crippen LogP) is 23.9. The summed E-state index contributed by atoms with van der Waals surface area (Å²) < 4.78 is 9.88. The van der Waals surface area contributed by atoms with Crippen molar-refractivity contribution in [3.63, 3.8) is 0 Å². The highest BCUT2D eigenvalue weighted by molar-refractivity contribution is 6.23. The fourth-order valence-electron chi connectivity index (χ4n) is 15.4. The number of para-hydroxylation sites is 2. The average molecular weight is 1220 g/mol. The maximum Gasteiger partial charge on any atom is 0.104 e. The van der Waals surface area contributed by atoms with E-state index in [2.05, 4.69) is 370 Å². The maximum atomic E-state index is 13.1. The molecule has 0 N–H and O–H groups in total. The van der Waals surface area contributed by atoms with Crippen molar-refractivity contribution in [1.29, 1.82) is 5.26 Å². The third kappa shape index (κ3) is 8.56. The van der Waals surface area contributed by atoms with Crippen molar-refractivity contribution in [2.75, 3.05) is 0 Å². The number of nitrogens with zero attached hydrogens (tertiary/aromatic N) is 5. The lowest BCUT2D eigenvalue weighted by molar-refractivity contribution is 1.05. The van der Waals surface area contributed by atoms with Crippen molar-refractivity contribution in [3.05, 3.63) is 351 Å². The van der Waals surface area contributed by atoms with E-state index >= 15 is 0 Å². The standard InChI is InChI=1S/C91H57N5/c92-58-79-88-87(72-38-22-23-39-80(72)93(88)71-36-20-7-21-37-71)90(95-83-48-42-67(61-28-12-3-13-29-61)54-75(83)76-55-68(43-49-84(76)95)62-30-14-4-15-31-62)91(96-85-50-44-69(63-32-16-5-17-33-63)56-77(85)78-57-70(45-51-86(78)96)64-34-18-6-19-35-64)89(79)94-81-46-40-65(59-24-8-1-9-25-59)52-73(81)74-53-66(41-47-82(74)94)60-26-10-2-11-27-60/h1-57H. The number of hydrogen-bond donors (Lipinski definition) is 0. The minimum Gasteiger partial charge on any atom is -0.308 e. The van der Waals surface area contributed by atoms with Crippen LogP contribution in [0.1, 0.15) is 5.56 Å². The zero-order chi connectivity index (χ0) is 63.4. The van der Waals surface area contributed by atoms with Gasteiger partial charge in [0.25, 0.3) is 0 Å². The Hall–Kier alpha value is -13.0. The van der Waals surface area contributed by atoms with Gasteiger partial charge in [0, 0.05) is 48.8 Å². The van der Waals surface area contributed by atoms with Crippen LogP contribution in [-0.2, 0) is 0 Å². The number of nitriles is 1. The van der Waals surface area contributed by atoms with E-state index in [-0.39, 0.29) is 0 Å². The molecular weight excluding hydrogens is 1160 g/mol. The number of aromatic nitrogens is 4. The molecule has 0 saturated carbocycles. The second-order valence-electron chi connectivity index (χ2n) is 25.0. The minimum atomic E-state index is 0.539. The summed E-state index contributed by atoms with van der Waals surface area (Å²) in [7, 11) is 0. The molecule has 5 heteroatoms. The number of fused-ring (bicyclic) bond motifs is 12. The molecule has 0 bridgehead atoms. The Morgan fingerprint density at radius 3 is 0.750 bits per heavy atom. The van der Waals surface area contributed by atoms with Gasteiger partial charge in [-0.3, -0.25) is 0 Å². The lowest BCUT2D eigenvalue weighted by Gasteiger charge is -2.25. The molecule has 19 aromatic rings. The molecule has 19 rings (SSSR count). The first-order valence-corrected chi connectivity index (χ1v) is 32.8. The Morgan fingerprint density at radius 1 is 0.198 bits per heavy atom. The summed E-state index contributed by atoms with van der Waals surface area (Å²) in [5.41, 5.74) is 25.4. The third-order valence-electron chi connectivity index (χ3n) is 19.8. The lowest BCUT2D eigenvalue weighted by Crippen LogP contribution is -2.13. The van der Waals surface area contributed by atoms with E-state index in [0.29, 0.717) is 5.56 Å². The van der Waals surface area contributed by atoms with Gasteiger partial charge < -0.3 is 18.3 Å². The highest BCUT2D eigenvalue weighted by Crippen LogP contribution is 2.52. The smallest absolute Gasteiger partial charge is 0.104 e. The van der Waals surface area contributed by atoms with Gasteiger partial charge >= 0.3 is 0 Å². The van der Waals surface area contributed by atoms with Crippen molar-refractivity contribution in [3.8, 4) is 95.6 Å². The SMILES string of the molecule is N#Cc1c(-n2c3ccc(-c4ccccc4)cc3c3cc(-c4ccccc4)ccc32)c(-n2c3ccc(-c4ccccc4)cc3c3cc(-c4ccccc4)ccc32)c(-n2c3ccc(-c4ccccc4)cc3c3cc(-c4ccccc4)ccc32)c2c3ccccc3n(-c3ccccc3)c12. The van der Waals surface area contributed by atoms with Crippen LogP contribution in [0.4, 0.5) is 0 Å². The molecule has 4 heterocycles. The second-order valence-corrected chi connectivity index (χ2v) is 25.0. The lowest BCUT2D eigenvalue weighted by atomic mass is 10.00. The highest BCUT2D eigenvalue weighted by Gasteiger charge is 2.34. The molecule has 0 radical (unpaired) electrons. The molecule has 0 aliphatic rings. The first-order chi connectivity index (χ1) is 47.6. The van der Waals surface area contributed by atoms with Gasteiger partial charge in [0.2, 0.25) is 0 Å². The van der Waals surface area contributed by atoms with E-state index in [1.165, 1.54) is 0 Å². The fourth-order valence-corrected chi connectivity index (χ4v) is 15.4. The van der Waals surface area contributed by atoms with Gasteiger partial charge in [-0.15, -0.1) is 0 Å². The van der Waals surface area contributed by atoms with Crippen molar-refractivity contribution >= 4 is 87.2 Å². The number of rotatable bonds is 10. The summed E-state index contributed by atoms with van der Waals surface area (Å²) in [6.45, 7) is 0. The Morgan fingerprint density at radius 2 is 0.448 bits per heavy atom. The van der Waals surface area contributed by atoms with E-state index in [0.717, 1.165) is 177 Å². The van der Waals surface area contributed by atoms with Gasteiger partial charge in [-0.25, -0.2) is 0 Å². The Kier molecular flexibility index (Phi) is 12.6. The van der Waals surface area contributed by atoms with Gasteiger partial charge in [-0.05, 0) is 158 Å². The predicted molar refractivity (Wildman–Crippen MR) is 401 cm³/mol. The van der Waals surface area contributed by atoms with Crippen molar-refractivity contribution < 1.29 is 0 Å². The fraction of sp³-hybridized carbons (Fsp3) is 0. The summed E-state index contributed by atoms with van der Waals surface area (Å²) in [6.07, 6.45) is 0. The van der Waals surface area contributed by atoms with Crippen LogP contribution in [0.3, 0.4) is 0 Å². The largest absolute Gasteiger partial charge is 0.308 e. The minimum absolute atomic E-state index is 0.539. The van der Waals surface area contributed by atoms with E-state index in [1.54, 1.807) is 0 Å². The molecule has 0 aliphatic heterocycles. The molecule has 0 unspecified atom stereocenters. The van der Waals surface area contributed by atoms with Gasteiger partial charge in [0.15, 0.2) is 0 Å². The molecule has 446 valence electrons. The van der Waals surface area contributed by atoms with Gasteiger partial charge in [0.1, 0.15) is 11.6 Å². The van der Waals surface area contributed by atoms with Gasteiger partial charge in [0.05, 0.1) is 61.2 Å².